The number of carbonyl (C=O) groups is 8. The van der Waals surface area contributed by atoms with Gasteiger partial charge >= 0.3 is 12.1 Å². The number of hydrogen-bond donors (Lipinski definition) is 10. The summed E-state index contributed by atoms with van der Waals surface area (Å²) in [5, 5.41) is 30.2. The van der Waals surface area contributed by atoms with Crippen molar-refractivity contribution in [1.29, 1.82) is 0 Å². The van der Waals surface area contributed by atoms with E-state index in [9.17, 15) is 38.4 Å². The van der Waals surface area contributed by atoms with Gasteiger partial charge < -0.3 is 63.0 Å². The normalized spacial score (nSPS) is 21.6. The van der Waals surface area contributed by atoms with Crippen molar-refractivity contribution >= 4 is 71.0 Å². The molecule has 6 atom stereocenters. The van der Waals surface area contributed by atoms with E-state index in [0.29, 0.717) is 62.6 Å². The Bertz CT molecular complexity index is 1500. The van der Waals surface area contributed by atoms with Crippen molar-refractivity contribution in [3.05, 3.63) is 25.3 Å². The molecule has 4 saturated heterocycles. The standard InChI is InChI=1S/C42H70N12O8S2/c1-3-33(55)47-21-23-53(37(59)13-15-43-17-19-45-35(57)11-7-5-9-31-39-29(27-63-31)49-41(61)51-39)25-26-54(24-22-48-34(56)4-2)38(60)14-16-44-18-20-46-36(58)12-8-6-10-32-40-30(28-64-32)50-42(62)52-40/h3-4,29-32,39-40,43-44H,1-2,5-28H2,(H,45,57)(H,46,58)(H,47,55)(H,48,56)(H2,49,51,61)(H2,50,52,62)/t29-,30-,31-,32-,39-,40-/m1/s1. The van der Waals surface area contributed by atoms with E-state index in [4.69, 9.17) is 0 Å². The number of unbranched alkanes of at least 4 members (excludes halogenated alkanes) is 2. The van der Waals surface area contributed by atoms with Gasteiger partial charge in [-0.1, -0.05) is 26.0 Å². The molecule has 0 aromatic heterocycles. The summed E-state index contributed by atoms with van der Waals surface area (Å²) < 4.78 is 0. The Hall–Kier alpha value is -4.54. The van der Waals surface area contributed by atoms with Crippen molar-refractivity contribution < 1.29 is 38.4 Å². The number of carbonyl (C=O) groups excluding carboxylic acids is 8. The van der Waals surface area contributed by atoms with E-state index in [0.717, 1.165) is 62.2 Å². The van der Waals surface area contributed by atoms with Crippen LogP contribution in [0.25, 0.3) is 0 Å². The number of nitrogens with zero attached hydrogens (tertiary/aromatic N) is 2. The van der Waals surface area contributed by atoms with Gasteiger partial charge in [0.25, 0.3) is 0 Å². The summed E-state index contributed by atoms with van der Waals surface area (Å²) in [6.07, 6.45) is 8.70. The van der Waals surface area contributed by atoms with Gasteiger partial charge in [-0.05, 0) is 37.8 Å². The maximum Gasteiger partial charge on any atom is 0.315 e. The molecule has 4 aliphatic rings. The molecular weight excluding hydrogens is 865 g/mol. The molecule has 4 fully saturated rings. The van der Waals surface area contributed by atoms with Crippen molar-refractivity contribution in [2.24, 2.45) is 0 Å². The van der Waals surface area contributed by atoms with E-state index in [-0.39, 0.29) is 124 Å². The first-order chi connectivity index (χ1) is 31.0. The van der Waals surface area contributed by atoms with Crippen LogP contribution in [0.3, 0.4) is 0 Å². The first-order valence-corrected chi connectivity index (χ1v) is 24.7. The molecule has 0 bridgehead atoms. The number of nitrogens with one attached hydrogen (secondary N) is 10. The molecule has 22 heteroatoms. The fourth-order valence-electron chi connectivity index (χ4n) is 8.00. The zero-order valence-electron chi connectivity index (χ0n) is 37.0. The van der Waals surface area contributed by atoms with Gasteiger partial charge in [0, 0.05) is 126 Å². The lowest BCUT2D eigenvalue weighted by molar-refractivity contribution is -0.135. The zero-order chi connectivity index (χ0) is 46.1. The Labute approximate surface area is 385 Å². The van der Waals surface area contributed by atoms with Crippen molar-refractivity contribution in [3.63, 3.8) is 0 Å². The van der Waals surface area contributed by atoms with Crippen LogP contribution in [-0.4, -0.2) is 182 Å². The summed E-state index contributed by atoms with van der Waals surface area (Å²) in [6.45, 7) is 10.6. The maximum atomic E-state index is 13.4. The fourth-order valence-corrected chi connectivity index (χ4v) is 11.1. The van der Waals surface area contributed by atoms with Gasteiger partial charge in [0.1, 0.15) is 0 Å². The van der Waals surface area contributed by atoms with E-state index < -0.39 is 0 Å². The molecule has 4 rings (SSSR count). The summed E-state index contributed by atoms with van der Waals surface area (Å²) in [7, 11) is 0. The van der Waals surface area contributed by atoms with Crippen molar-refractivity contribution in [2.45, 2.75) is 98.9 Å². The SMILES string of the molecule is C=CC(=O)NCCN(CCN(CCNC(=O)C=C)C(=O)CCNCCNC(=O)CCCC[C@H]1SC[C@H]2NC(=O)N[C@H]21)C(=O)CCNCCNC(=O)CCCC[C@H]1SC[C@H]2NC(=O)N[C@H]21. The average Bonchev–Trinajstić information content (AvgIpc) is 4.05. The molecule has 0 unspecified atom stereocenters. The van der Waals surface area contributed by atoms with E-state index in [1.54, 1.807) is 9.80 Å². The minimum atomic E-state index is -0.368. The van der Waals surface area contributed by atoms with Gasteiger partial charge in [0.15, 0.2) is 0 Å². The minimum Gasteiger partial charge on any atom is -0.355 e. The first kappa shape index (κ1) is 52.1. The van der Waals surface area contributed by atoms with Gasteiger partial charge in [-0.25, -0.2) is 9.59 Å². The maximum absolute atomic E-state index is 13.4. The van der Waals surface area contributed by atoms with Crippen LogP contribution in [0.4, 0.5) is 9.59 Å². The van der Waals surface area contributed by atoms with Crippen LogP contribution >= 0.6 is 23.5 Å². The lowest BCUT2D eigenvalue weighted by Gasteiger charge is -2.28. The second-order valence-corrected chi connectivity index (χ2v) is 18.7. The largest absolute Gasteiger partial charge is 0.355 e. The third-order valence-corrected chi connectivity index (χ3v) is 14.5. The lowest BCUT2D eigenvalue weighted by Crippen LogP contribution is -2.46. The molecule has 0 aromatic rings. The van der Waals surface area contributed by atoms with Crippen LogP contribution in [0.15, 0.2) is 25.3 Å². The van der Waals surface area contributed by atoms with Gasteiger partial charge in [-0.2, -0.15) is 23.5 Å². The zero-order valence-corrected chi connectivity index (χ0v) is 38.6. The molecule has 10 amide bonds. The third kappa shape index (κ3) is 18.9. The van der Waals surface area contributed by atoms with Gasteiger partial charge in [0.2, 0.25) is 35.4 Å². The van der Waals surface area contributed by atoms with Gasteiger partial charge in [-0.3, -0.25) is 28.8 Å². The lowest BCUT2D eigenvalue weighted by atomic mass is 10.0. The number of fused-ring (bicyclic) bond motifs is 2. The molecule has 20 nitrogen and oxygen atoms in total. The van der Waals surface area contributed by atoms with Crippen LogP contribution < -0.4 is 53.2 Å². The average molecular weight is 935 g/mol. The Morgan fingerprint density at radius 2 is 0.953 bits per heavy atom. The highest BCUT2D eigenvalue weighted by Crippen LogP contribution is 2.34. The van der Waals surface area contributed by atoms with Gasteiger partial charge in [0.05, 0.1) is 24.2 Å². The van der Waals surface area contributed by atoms with E-state index in [1.165, 1.54) is 0 Å². The number of amides is 10. The Kier molecular flexibility index (Phi) is 23.7. The molecule has 64 heavy (non-hydrogen) atoms. The Balaban J connectivity index is 1.10. The predicted octanol–water partition coefficient (Wildman–Crippen LogP) is -1.11. The highest BCUT2D eigenvalue weighted by atomic mass is 32.2. The third-order valence-electron chi connectivity index (χ3n) is 11.5. The number of hydrogen-bond acceptors (Lipinski definition) is 12. The Morgan fingerprint density at radius 1 is 0.531 bits per heavy atom. The molecule has 0 aliphatic carbocycles. The second kappa shape index (κ2) is 29.1. The van der Waals surface area contributed by atoms with Crippen molar-refractivity contribution in [2.75, 3.05) is 90.0 Å². The minimum absolute atomic E-state index is 0.0306. The fraction of sp³-hybridized carbons (Fsp3) is 0.714. The molecular formula is C42H70N12O8S2. The number of thioether (sulfide) groups is 2. The molecule has 0 spiro atoms. The van der Waals surface area contributed by atoms with Crippen molar-refractivity contribution in [3.8, 4) is 0 Å². The van der Waals surface area contributed by atoms with Crippen LogP contribution in [0, 0.1) is 0 Å². The summed E-state index contributed by atoms with van der Waals surface area (Å²) >= 11 is 3.73. The smallest absolute Gasteiger partial charge is 0.315 e. The van der Waals surface area contributed by atoms with Gasteiger partial charge in [-0.15, -0.1) is 0 Å². The van der Waals surface area contributed by atoms with E-state index >= 15 is 0 Å². The highest BCUT2D eigenvalue weighted by molar-refractivity contribution is 8.00. The van der Waals surface area contributed by atoms with Crippen LogP contribution in [0.2, 0.25) is 0 Å². The second-order valence-electron chi connectivity index (χ2n) is 16.2. The molecule has 0 radical (unpaired) electrons. The molecule has 10 N–H and O–H groups in total. The summed E-state index contributed by atoms with van der Waals surface area (Å²) in [5.74, 6) is 0.670. The number of urea groups is 2. The molecule has 4 aliphatic heterocycles. The van der Waals surface area contributed by atoms with Crippen LogP contribution in [-0.2, 0) is 28.8 Å². The molecule has 358 valence electrons. The summed E-state index contributed by atoms with van der Waals surface area (Å²) in [6, 6.07) is 0.510. The topological polar surface area (TPSA) is 263 Å². The van der Waals surface area contributed by atoms with E-state index in [1.807, 2.05) is 23.5 Å². The van der Waals surface area contributed by atoms with Crippen molar-refractivity contribution in [1.82, 2.24) is 63.0 Å². The molecule has 0 saturated carbocycles. The Morgan fingerprint density at radius 3 is 1.36 bits per heavy atom. The number of rotatable bonds is 33. The summed E-state index contributed by atoms with van der Waals surface area (Å²) in [5.41, 5.74) is 0. The van der Waals surface area contributed by atoms with E-state index in [2.05, 4.69) is 66.3 Å². The predicted molar refractivity (Wildman–Crippen MR) is 248 cm³/mol. The molecule has 0 aromatic carbocycles. The van der Waals surface area contributed by atoms with Crippen LogP contribution in [0.5, 0.6) is 0 Å². The monoisotopic (exact) mass is 934 g/mol. The quantitative estimate of drug-likeness (QED) is 0.0214. The van der Waals surface area contributed by atoms with Crippen LogP contribution in [0.1, 0.15) is 64.2 Å². The summed E-state index contributed by atoms with van der Waals surface area (Å²) in [4.78, 5) is 102. The molecule has 4 heterocycles. The highest BCUT2D eigenvalue weighted by Gasteiger charge is 2.43. The first-order valence-electron chi connectivity index (χ1n) is 22.7.